The predicted molar refractivity (Wildman–Crippen MR) is 128 cm³/mol. The molecule has 32 heavy (non-hydrogen) atoms. The Hall–Kier alpha value is -1.88. The number of unbranched alkanes of at least 4 members (excludes halogenated alkanes) is 2. The maximum absolute atomic E-state index is 13.2. The van der Waals surface area contributed by atoms with Gasteiger partial charge in [-0.25, -0.2) is 5.84 Å². The largest absolute Gasteiger partial charge is 0.497 e. The van der Waals surface area contributed by atoms with Gasteiger partial charge in [0.05, 0.1) is 7.11 Å². The zero-order valence-corrected chi connectivity index (χ0v) is 20.3. The summed E-state index contributed by atoms with van der Waals surface area (Å²) in [7, 11) is 1.73. The number of hydrazine groups is 1. The second-order valence-corrected chi connectivity index (χ2v) is 10.5. The molecular weight excluding hydrogens is 400 g/mol. The highest BCUT2D eigenvalue weighted by Gasteiger charge is 2.44. The van der Waals surface area contributed by atoms with E-state index in [2.05, 4.69) is 37.5 Å². The lowest BCUT2D eigenvalue weighted by Gasteiger charge is -2.45. The molecule has 2 aliphatic carbocycles. The van der Waals surface area contributed by atoms with Crippen LogP contribution in [0.4, 0.5) is 0 Å². The number of fused-ring (bicyclic) bond motifs is 3. The number of hydrogen-bond donors (Lipinski definition) is 2. The zero-order valence-electron chi connectivity index (χ0n) is 20.3. The summed E-state index contributed by atoms with van der Waals surface area (Å²) >= 11 is 0. The Morgan fingerprint density at radius 2 is 2.00 bits per heavy atom. The van der Waals surface area contributed by atoms with Crippen molar-refractivity contribution in [1.82, 2.24) is 5.43 Å². The van der Waals surface area contributed by atoms with Crippen molar-refractivity contribution in [2.45, 2.75) is 96.8 Å². The van der Waals surface area contributed by atoms with E-state index in [0.29, 0.717) is 36.4 Å². The first-order valence-corrected chi connectivity index (χ1v) is 12.6. The van der Waals surface area contributed by atoms with Gasteiger partial charge >= 0.3 is 0 Å². The average molecular weight is 443 g/mol. The van der Waals surface area contributed by atoms with Gasteiger partial charge in [0.15, 0.2) is 0 Å². The number of Topliss-reactive ketones (excluding diaryl/α,β-unsaturated/α-hetero) is 1. The molecular formula is C27H42N2O3. The quantitative estimate of drug-likeness (QED) is 0.206. The number of carbonyl (C=O) groups excluding carboxylic acids is 2. The highest BCUT2D eigenvalue weighted by atomic mass is 16.5. The third-order valence-electron chi connectivity index (χ3n) is 8.12. The summed E-state index contributed by atoms with van der Waals surface area (Å²) in [5.74, 6) is 8.23. The molecule has 4 atom stereocenters. The van der Waals surface area contributed by atoms with E-state index in [-0.39, 0.29) is 11.3 Å². The lowest BCUT2D eigenvalue weighted by Crippen LogP contribution is -2.38. The van der Waals surface area contributed by atoms with E-state index in [9.17, 15) is 9.59 Å². The molecule has 5 nitrogen and oxygen atoms in total. The van der Waals surface area contributed by atoms with E-state index in [1.807, 2.05) is 0 Å². The first-order chi connectivity index (χ1) is 15.4. The van der Waals surface area contributed by atoms with Crippen LogP contribution in [0.3, 0.4) is 0 Å². The van der Waals surface area contributed by atoms with Crippen molar-refractivity contribution in [1.29, 1.82) is 0 Å². The lowest BCUT2D eigenvalue weighted by atomic mass is 9.59. The second-order valence-electron chi connectivity index (χ2n) is 10.5. The number of benzene rings is 1. The molecule has 1 amide bonds. The molecule has 1 fully saturated rings. The predicted octanol–water partition coefficient (Wildman–Crippen LogP) is 5.46. The fourth-order valence-electron chi connectivity index (χ4n) is 5.98. The van der Waals surface area contributed by atoms with Gasteiger partial charge in [0.25, 0.3) is 0 Å². The van der Waals surface area contributed by atoms with Crippen LogP contribution in [0.25, 0.3) is 0 Å². The van der Waals surface area contributed by atoms with Crippen LogP contribution in [0.2, 0.25) is 0 Å². The smallest absolute Gasteiger partial charge is 0.233 e. The number of aryl methyl sites for hydroxylation is 1. The molecule has 0 aromatic heterocycles. The zero-order chi connectivity index (χ0) is 23.1. The third kappa shape index (κ3) is 6.12. The van der Waals surface area contributed by atoms with Gasteiger partial charge in [-0.05, 0) is 86.0 Å². The molecule has 5 heteroatoms. The van der Waals surface area contributed by atoms with Crippen LogP contribution in [-0.2, 0) is 16.0 Å². The number of nitrogens with one attached hydrogen (secondary N) is 1. The summed E-state index contributed by atoms with van der Waals surface area (Å²) in [4.78, 5) is 24.4. The van der Waals surface area contributed by atoms with Crippen LogP contribution in [-0.4, -0.2) is 18.8 Å². The lowest BCUT2D eigenvalue weighted by molar-refractivity contribution is -0.131. The van der Waals surface area contributed by atoms with Gasteiger partial charge in [0.1, 0.15) is 11.5 Å². The molecule has 0 spiro atoms. The van der Waals surface area contributed by atoms with E-state index >= 15 is 0 Å². The molecule has 0 aliphatic heterocycles. The Bertz CT molecular complexity index is 793. The molecule has 2 aliphatic rings. The number of nitrogens with two attached hydrogens (primary N) is 1. The number of ether oxygens (including phenoxy) is 1. The average Bonchev–Trinajstić information content (AvgIpc) is 2.81. The Kier molecular flexibility index (Phi) is 8.75. The monoisotopic (exact) mass is 442 g/mol. The van der Waals surface area contributed by atoms with Gasteiger partial charge < -0.3 is 4.74 Å². The highest BCUT2D eigenvalue weighted by Crippen LogP contribution is 2.52. The van der Waals surface area contributed by atoms with Gasteiger partial charge in [-0.2, -0.15) is 0 Å². The third-order valence-corrected chi connectivity index (χ3v) is 8.12. The van der Waals surface area contributed by atoms with Gasteiger partial charge in [0.2, 0.25) is 5.91 Å². The molecule has 3 rings (SSSR count). The van der Waals surface area contributed by atoms with Crippen molar-refractivity contribution in [2.75, 3.05) is 7.11 Å². The summed E-state index contributed by atoms with van der Waals surface area (Å²) in [6.07, 6.45) is 11.8. The first kappa shape index (κ1) is 24.8. The van der Waals surface area contributed by atoms with Crippen LogP contribution >= 0.6 is 0 Å². The molecule has 3 N–H and O–H groups in total. The Morgan fingerprint density at radius 3 is 2.75 bits per heavy atom. The SMILES string of the molecule is COc1ccc2c(c1)CCC1C[C@@](C)(C(=O)CCC(C)CCCCCC(=O)NN)CCC21. The van der Waals surface area contributed by atoms with Crippen LogP contribution < -0.4 is 16.0 Å². The summed E-state index contributed by atoms with van der Waals surface area (Å²) in [6, 6.07) is 6.56. The van der Waals surface area contributed by atoms with Crippen LogP contribution in [0, 0.1) is 17.3 Å². The molecule has 3 unspecified atom stereocenters. The van der Waals surface area contributed by atoms with Crippen molar-refractivity contribution in [3.05, 3.63) is 29.3 Å². The van der Waals surface area contributed by atoms with Crippen molar-refractivity contribution in [3.8, 4) is 5.75 Å². The van der Waals surface area contributed by atoms with E-state index in [0.717, 1.165) is 63.5 Å². The van der Waals surface area contributed by atoms with Gasteiger partial charge in [-0.1, -0.05) is 39.2 Å². The number of hydrogen-bond acceptors (Lipinski definition) is 4. The number of carbonyl (C=O) groups is 2. The Labute approximate surface area is 193 Å². The molecule has 0 bridgehead atoms. The number of methoxy groups -OCH3 is 1. The van der Waals surface area contributed by atoms with Crippen LogP contribution in [0.5, 0.6) is 5.75 Å². The van der Waals surface area contributed by atoms with Crippen LogP contribution in [0.1, 0.15) is 102 Å². The minimum absolute atomic E-state index is 0.0900. The Balaban J connectivity index is 1.44. The molecule has 178 valence electrons. The molecule has 0 heterocycles. The maximum Gasteiger partial charge on any atom is 0.233 e. The molecule has 0 radical (unpaired) electrons. The fourth-order valence-corrected chi connectivity index (χ4v) is 5.98. The van der Waals surface area contributed by atoms with Crippen molar-refractivity contribution >= 4 is 11.7 Å². The van der Waals surface area contributed by atoms with Crippen molar-refractivity contribution < 1.29 is 14.3 Å². The van der Waals surface area contributed by atoms with E-state index in [1.165, 1.54) is 17.5 Å². The summed E-state index contributed by atoms with van der Waals surface area (Å²) in [6.45, 7) is 4.48. The van der Waals surface area contributed by atoms with E-state index in [1.54, 1.807) is 7.11 Å². The number of amides is 1. The Morgan fingerprint density at radius 1 is 1.19 bits per heavy atom. The molecule has 1 aromatic carbocycles. The summed E-state index contributed by atoms with van der Waals surface area (Å²) < 4.78 is 5.41. The number of rotatable bonds is 11. The molecule has 1 aromatic rings. The topological polar surface area (TPSA) is 81.4 Å². The fraction of sp³-hybridized carbons (Fsp3) is 0.704. The minimum atomic E-state index is -0.152. The number of ketones is 1. The highest BCUT2D eigenvalue weighted by molar-refractivity contribution is 5.84. The van der Waals surface area contributed by atoms with E-state index < -0.39 is 0 Å². The second kappa shape index (κ2) is 11.3. The van der Waals surface area contributed by atoms with Crippen LogP contribution in [0.15, 0.2) is 18.2 Å². The first-order valence-electron chi connectivity index (χ1n) is 12.6. The van der Waals surface area contributed by atoms with E-state index in [4.69, 9.17) is 10.6 Å². The van der Waals surface area contributed by atoms with Gasteiger partial charge in [-0.15, -0.1) is 0 Å². The molecule has 0 saturated heterocycles. The normalized spacial score (nSPS) is 25.4. The maximum atomic E-state index is 13.2. The summed E-state index contributed by atoms with van der Waals surface area (Å²) in [5, 5.41) is 0. The van der Waals surface area contributed by atoms with Gasteiger partial charge in [0, 0.05) is 18.3 Å². The van der Waals surface area contributed by atoms with Gasteiger partial charge in [-0.3, -0.25) is 15.0 Å². The van der Waals surface area contributed by atoms with Crippen molar-refractivity contribution in [2.24, 2.45) is 23.1 Å². The van der Waals surface area contributed by atoms with Crippen molar-refractivity contribution in [3.63, 3.8) is 0 Å². The standard InChI is InChI=1S/C27H42N2O3/c1-19(7-5-4-6-8-26(31)29-28)9-14-25(30)27(2)16-15-24-21(18-27)11-10-20-17-22(32-3)12-13-23(20)24/h12-13,17,19,21,24H,4-11,14-16,18,28H2,1-3H3,(H,29,31)/t19?,21?,24?,27-/m0/s1. The molecule has 1 saturated carbocycles. The summed E-state index contributed by atoms with van der Waals surface area (Å²) in [5.41, 5.74) is 4.96. The minimum Gasteiger partial charge on any atom is -0.497 e.